The zero-order valence-electron chi connectivity index (χ0n) is 16.0. The molecule has 0 aliphatic carbocycles. The summed E-state index contributed by atoms with van der Waals surface area (Å²) < 4.78 is 37.4. The normalized spacial score (nSPS) is 13.7. The van der Waals surface area contributed by atoms with Crippen molar-refractivity contribution in [1.82, 2.24) is 19.6 Å². The van der Waals surface area contributed by atoms with Crippen molar-refractivity contribution in [2.45, 2.75) is 18.4 Å². The minimum Gasteiger partial charge on any atom is -0.481 e. The number of sulfonamides is 1. The summed E-state index contributed by atoms with van der Waals surface area (Å²) in [6, 6.07) is 4.87. The van der Waals surface area contributed by atoms with Gasteiger partial charge in [0.05, 0.1) is 25.2 Å². The van der Waals surface area contributed by atoms with Gasteiger partial charge >= 0.3 is 12.1 Å². The van der Waals surface area contributed by atoms with Crippen molar-refractivity contribution in [3.63, 3.8) is 0 Å². The number of nitrogens with one attached hydrogen (secondary N) is 2. The van der Waals surface area contributed by atoms with Gasteiger partial charge in [-0.3, -0.25) is 5.32 Å². The van der Waals surface area contributed by atoms with E-state index < -0.39 is 22.1 Å². The van der Waals surface area contributed by atoms with Gasteiger partial charge in [-0.2, -0.15) is 4.98 Å². The van der Waals surface area contributed by atoms with Crippen LogP contribution in [0.2, 0.25) is 5.02 Å². The first-order valence-electron chi connectivity index (χ1n) is 8.62. The van der Waals surface area contributed by atoms with Gasteiger partial charge in [-0.15, -0.1) is 0 Å². The SMILES string of the molecule is COc1cc(C)nc(NC(=O)NS(=O)(=O)c2c(Cl)cccc2CN2CCOC2=O)n1. The van der Waals surface area contributed by atoms with Crippen LogP contribution in [0.1, 0.15) is 11.3 Å². The molecule has 0 radical (unpaired) electrons. The molecular formula is C17H18ClN5O6S. The molecule has 3 rings (SSSR count). The van der Waals surface area contributed by atoms with E-state index >= 15 is 0 Å². The number of hydrogen-bond acceptors (Lipinski definition) is 8. The average Bonchev–Trinajstić information content (AvgIpc) is 3.05. The highest BCUT2D eigenvalue weighted by Crippen LogP contribution is 2.27. The van der Waals surface area contributed by atoms with E-state index in [4.69, 9.17) is 21.1 Å². The summed E-state index contributed by atoms with van der Waals surface area (Å²) in [7, 11) is -2.99. The first-order chi connectivity index (χ1) is 14.2. The summed E-state index contributed by atoms with van der Waals surface area (Å²) in [6.45, 7) is 2.13. The van der Waals surface area contributed by atoms with Crippen LogP contribution in [0.3, 0.4) is 0 Å². The molecule has 13 heteroatoms. The van der Waals surface area contributed by atoms with Crippen LogP contribution < -0.4 is 14.8 Å². The first kappa shape index (κ1) is 21.6. The molecule has 2 N–H and O–H groups in total. The fourth-order valence-electron chi connectivity index (χ4n) is 2.75. The second-order valence-electron chi connectivity index (χ2n) is 6.20. The van der Waals surface area contributed by atoms with Gasteiger partial charge in [0, 0.05) is 11.8 Å². The summed E-state index contributed by atoms with van der Waals surface area (Å²) in [5.41, 5.74) is 0.737. The van der Waals surface area contributed by atoms with Crippen molar-refractivity contribution in [2.24, 2.45) is 0 Å². The molecule has 0 atom stereocenters. The number of amides is 3. The highest BCUT2D eigenvalue weighted by molar-refractivity contribution is 7.90. The predicted octanol–water partition coefficient (Wildman–Crippen LogP) is 1.91. The molecule has 1 aliphatic rings. The lowest BCUT2D eigenvalue weighted by Crippen LogP contribution is -2.36. The van der Waals surface area contributed by atoms with E-state index in [-0.39, 0.29) is 40.5 Å². The van der Waals surface area contributed by atoms with Crippen molar-refractivity contribution < 1.29 is 27.5 Å². The molecule has 1 saturated heterocycles. The van der Waals surface area contributed by atoms with Gasteiger partial charge in [0.1, 0.15) is 11.5 Å². The molecule has 0 saturated carbocycles. The van der Waals surface area contributed by atoms with Gasteiger partial charge in [0.25, 0.3) is 10.0 Å². The number of cyclic esters (lactones) is 1. The molecule has 1 fully saturated rings. The number of benzene rings is 1. The lowest BCUT2D eigenvalue weighted by molar-refractivity contribution is 0.157. The number of aryl methyl sites for hydroxylation is 1. The highest BCUT2D eigenvalue weighted by Gasteiger charge is 2.28. The zero-order chi connectivity index (χ0) is 21.9. The Morgan fingerprint density at radius 2 is 2.13 bits per heavy atom. The standard InChI is InChI=1S/C17H18ClN5O6S/c1-10-8-13(28-2)20-15(19-10)21-16(24)22-30(26,27)14-11(4-3-5-12(14)18)9-23-6-7-29-17(23)25/h3-5,8H,6-7,9H2,1-2H3,(H2,19,20,21,22,24). The first-order valence-corrected chi connectivity index (χ1v) is 10.5. The molecule has 1 aromatic carbocycles. The Morgan fingerprint density at radius 1 is 1.37 bits per heavy atom. The number of halogens is 1. The van der Waals surface area contributed by atoms with E-state index in [0.717, 1.165) is 0 Å². The zero-order valence-corrected chi connectivity index (χ0v) is 17.6. The Hall–Kier alpha value is -3.12. The number of ether oxygens (including phenoxy) is 2. The molecule has 11 nitrogen and oxygen atoms in total. The third-order valence-electron chi connectivity index (χ3n) is 4.02. The number of carbonyl (C=O) groups excluding carboxylic acids is 2. The molecule has 160 valence electrons. The van der Waals surface area contributed by atoms with Gasteiger partial charge < -0.3 is 14.4 Å². The van der Waals surface area contributed by atoms with Crippen molar-refractivity contribution in [3.05, 3.63) is 40.5 Å². The van der Waals surface area contributed by atoms with Crippen molar-refractivity contribution in [1.29, 1.82) is 0 Å². The lowest BCUT2D eigenvalue weighted by atomic mass is 10.2. The van der Waals surface area contributed by atoms with Crippen LogP contribution in [0.25, 0.3) is 0 Å². The van der Waals surface area contributed by atoms with Crippen LogP contribution in [0.4, 0.5) is 15.5 Å². The number of methoxy groups -OCH3 is 1. The summed E-state index contributed by atoms with van der Waals surface area (Å²) >= 11 is 6.11. The van der Waals surface area contributed by atoms with Gasteiger partial charge in [0.2, 0.25) is 11.8 Å². The Balaban J connectivity index is 1.82. The topological polar surface area (TPSA) is 140 Å². The van der Waals surface area contributed by atoms with Crippen LogP contribution in [0.5, 0.6) is 5.88 Å². The Kier molecular flexibility index (Phi) is 6.27. The minimum absolute atomic E-state index is 0.0462. The molecular weight excluding hydrogens is 438 g/mol. The molecule has 0 bridgehead atoms. The largest absolute Gasteiger partial charge is 0.481 e. The lowest BCUT2D eigenvalue weighted by Gasteiger charge is -2.17. The maximum atomic E-state index is 12.9. The highest BCUT2D eigenvalue weighted by atomic mass is 35.5. The van der Waals surface area contributed by atoms with E-state index in [1.807, 2.05) is 4.72 Å². The average molecular weight is 456 g/mol. The van der Waals surface area contributed by atoms with Gasteiger partial charge in [-0.25, -0.2) is 27.7 Å². The number of hydrogen-bond donors (Lipinski definition) is 2. The van der Waals surface area contributed by atoms with Crippen LogP contribution in [0, 0.1) is 6.92 Å². The van der Waals surface area contributed by atoms with Crippen LogP contribution >= 0.6 is 11.6 Å². The third kappa shape index (κ3) is 4.89. The van der Waals surface area contributed by atoms with E-state index in [2.05, 4.69) is 15.3 Å². The number of aromatic nitrogens is 2. The Labute approximate surface area is 177 Å². The monoisotopic (exact) mass is 455 g/mol. The maximum absolute atomic E-state index is 12.9. The Morgan fingerprint density at radius 3 is 2.80 bits per heavy atom. The third-order valence-corrected chi connectivity index (χ3v) is 5.92. The molecule has 1 aliphatic heterocycles. The van der Waals surface area contributed by atoms with Crippen LogP contribution in [-0.2, 0) is 21.3 Å². The smallest absolute Gasteiger partial charge is 0.410 e. The van der Waals surface area contributed by atoms with Crippen molar-refractivity contribution in [3.8, 4) is 5.88 Å². The maximum Gasteiger partial charge on any atom is 0.410 e. The van der Waals surface area contributed by atoms with Crippen LogP contribution in [0.15, 0.2) is 29.2 Å². The van der Waals surface area contributed by atoms with Crippen molar-refractivity contribution in [2.75, 3.05) is 25.6 Å². The summed E-state index contributed by atoms with van der Waals surface area (Å²) in [5, 5.41) is 2.14. The molecule has 1 aromatic heterocycles. The predicted molar refractivity (Wildman–Crippen MR) is 106 cm³/mol. The molecule has 2 heterocycles. The van der Waals surface area contributed by atoms with Gasteiger partial charge in [0.15, 0.2) is 0 Å². The summed E-state index contributed by atoms with van der Waals surface area (Å²) in [4.78, 5) is 32.9. The van der Waals surface area contributed by atoms with E-state index in [1.54, 1.807) is 19.1 Å². The molecule has 0 spiro atoms. The summed E-state index contributed by atoms with van der Waals surface area (Å²) in [6.07, 6.45) is -0.561. The van der Waals surface area contributed by atoms with Crippen LogP contribution in [-0.4, -0.2) is 55.7 Å². The molecule has 0 unspecified atom stereocenters. The van der Waals surface area contributed by atoms with Gasteiger partial charge in [-0.1, -0.05) is 23.7 Å². The van der Waals surface area contributed by atoms with E-state index in [0.29, 0.717) is 12.2 Å². The number of carbonyl (C=O) groups is 2. The van der Waals surface area contributed by atoms with Crippen molar-refractivity contribution >= 4 is 39.7 Å². The molecule has 30 heavy (non-hydrogen) atoms. The quantitative estimate of drug-likeness (QED) is 0.673. The number of rotatable bonds is 6. The number of urea groups is 1. The van der Waals surface area contributed by atoms with E-state index in [1.165, 1.54) is 24.1 Å². The second-order valence-corrected chi connectivity index (χ2v) is 8.23. The minimum atomic E-state index is -4.39. The number of anilines is 1. The molecule has 2 aromatic rings. The van der Waals surface area contributed by atoms with E-state index in [9.17, 15) is 18.0 Å². The summed E-state index contributed by atoms with van der Waals surface area (Å²) in [5.74, 6) is 0.0605. The van der Waals surface area contributed by atoms with Gasteiger partial charge in [-0.05, 0) is 18.6 Å². The molecule has 3 amide bonds. The fourth-order valence-corrected chi connectivity index (χ4v) is 4.45. The fraction of sp³-hybridized carbons (Fsp3) is 0.294. The second kappa shape index (κ2) is 8.71. The number of nitrogens with zero attached hydrogens (tertiary/aromatic N) is 3. The Bertz CT molecular complexity index is 1090.